The Hall–Kier alpha value is -0.770. The number of nitrogens with one attached hydrogen (secondary N) is 2. The summed E-state index contributed by atoms with van der Waals surface area (Å²) in [7, 11) is 1.83. The summed E-state index contributed by atoms with van der Waals surface area (Å²) in [5.74, 6) is 1.44. The molecule has 2 saturated heterocycles. The molecule has 0 aromatic carbocycles. The quantitative estimate of drug-likeness (QED) is 0.339. The number of amides is 1. The van der Waals surface area contributed by atoms with Crippen LogP contribution in [0.25, 0.3) is 0 Å². The number of carbonyl (C=O) groups excluding carboxylic acids is 1. The van der Waals surface area contributed by atoms with Gasteiger partial charge in [0.25, 0.3) is 0 Å². The summed E-state index contributed by atoms with van der Waals surface area (Å²) in [6.45, 7) is 13.7. The fourth-order valence-electron chi connectivity index (χ4n) is 3.86. The number of piperidine rings is 1. The van der Waals surface area contributed by atoms with E-state index in [1.54, 1.807) is 0 Å². The Morgan fingerprint density at radius 3 is 2.32 bits per heavy atom. The van der Waals surface area contributed by atoms with Gasteiger partial charge in [0.1, 0.15) is 5.60 Å². The van der Waals surface area contributed by atoms with Crippen molar-refractivity contribution in [3.63, 3.8) is 0 Å². The van der Waals surface area contributed by atoms with Crippen LogP contribution in [0.3, 0.4) is 0 Å². The molecular formula is C20H40IN5O2. The third-order valence-electron chi connectivity index (χ3n) is 5.46. The minimum absolute atomic E-state index is 0. The first-order valence-electron chi connectivity index (χ1n) is 10.5. The first-order valence-corrected chi connectivity index (χ1v) is 10.5. The molecule has 2 fully saturated rings. The van der Waals surface area contributed by atoms with Crippen molar-refractivity contribution >= 4 is 36.0 Å². The van der Waals surface area contributed by atoms with E-state index < -0.39 is 5.60 Å². The highest BCUT2D eigenvalue weighted by Crippen LogP contribution is 2.19. The number of halogens is 1. The fourth-order valence-corrected chi connectivity index (χ4v) is 3.86. The lowest BCUT2D eigenvalue weighted by atomic mass is 9.97. The van der Waals surface area contributed by atoms with Crippen molar-refractivity contribution in [2.75, 3.05) is 46.3 Å². The lowest BCUT2D eigenvalue weighted by Crippen LogP contribution is -2.47. The Morgan fingerprint density at radius 1 is 1.11 bits per heavy atom. The fraction of sp³-hybridized carbons (Fsp3) is 0.900. The van der Waals surface area contributed by atoms with Crippen molar-refractivity contribution in [2.24, 2.45) is 10.9 Å². The number of likely N-dealkylation sites (tertiary alicyclic amines) is 2. The average molecular weight is 509 g/mol. The van der Waals surface area contributed by atoms with Gasteiger partial charge in [-0.25, -0.2) is 4.79 Å². The number of ether oxygens (including phenoxy) is 1. The van der Waals surface area contributed by atoms with E-state index in [1.165, 1.54) is 19.4 Å². The zero-order chi connectivity index (χ0) is 19.9. The number of carbonyl (C=O) groups is 1. The Labute approximate surface area is 188 Å². The minimum atomic E-state index is -0.430. The largest absolute Gasteiger partial charge is 0.444 e. The molecule has 2 rings (SSSR count). The van der Waals surface area contributed by atoms with Crippen LogP contribution in [0.15, 0.2) is 4.99 Å². The lowest BCUT2D eigenvalue weighted by molar-refractivity contribution is 0.0185. The van der Waals surface area contributed by atoms with Gasteiger partial charge >= 0.3 is 6.09 Å². The summed E-state index contributed by atoms with van der Waals surface area (Å²) >= 11 is 0. The molecule has 0 radical (unpaired) electrons. The van der Waals surface area contributed by atoms with Gasteiger partial charge < -0.3 is 20.3 Å². The van der Waals surface area contributed by atoms with Gasteiger partial charge in [-0.15, -0.1) is 24.0 Å². The Kier molecular flexibility index (Phi) is 10.9. The maximum absolute atomic E-state index is 12.2. The molecule has 2 aliphatic heterocycles. The van der Waals surface area contributed by atoms with E-state index in [0.717, 1.165) is 51.5 Å². The van der Waals surface area contributed by atoms with E-state index in [1.807, 2.05) is 32.7 Å². The highest BCUT2D eigenvalue weighted by Gasteiger charge is 2.27. The minimum Gasteiger partial charge on any atom is -0.444 e. The SMILES string of the molecule is CCN1CCCC1CNC(=NC)NCC1CCN(C(=O)OC(C)(C)C)CC1.I. The van der Waals surface area contributed by atoms with E-state index in [9.17, 15) is 4.79 Å². The Balaban J connectivity index is 0.00000392. The highest BCUT2D eigenvalue weighted by atomic mass is 127. The number of likely N-dealkylation sites (N-methyl/N-ethyl adjacent to an activating group) is 1. The molecule has 0 aromatic rings. The third-order valence-corrected chi connectivity index (χ3v) is 5.46. The van der Waals surface area contributed by atoms with Crippen molar-refractivity contribution < 1.29 is 9.53 Å². The number of rotatable bonds is 5. The molecule has 1 amide bonds. The molecule has 1 unspecified atom stereocenters. The van der Waals surface area contributed by atoms with Crippen LogP contribution in [0, 0.1) is 5.92 Å². The Bertz CT molecular complexity index is 501. The van der Waals surface area contributed by atoms with Gasteiger partial charge in [0, 0.05) is 39.3 Å². The molecular weight excluding hydrogens is 469 g/mol. The van der Waals surface area contributed by atoms with Crippen molar-refractivity contribution in [2.45, 2.75) is 65.0 Å². The molecule has 164 valence electrons. The van der Waals surface area contributed by atoms with Crippen LogP contribution in [-0.4, -0.2) is 79.8 Å². The molecule has 7 nitrogen and oxygen atoms in total. The molecule has 2 aliphatic rings. The van der Waals surface area contributed by atoms with Crippen LogP contribution in [0.4, 0.5) is 4.79 Å². The average Bonchev–Trinajstić information content (AvgIpc) is 3.08. The van der Waals surface area contributed by atoms with Crippen LogP contribution < -0.4 is 10.6 Å². The van der Waals surface area contributed by atoms with Crippen molar-refractivity contribution in [1.82, 2.24) is 20.4 Å². The molecule has 0 spiro atoms. The number of nitrogens with zero attached hydrogens (tertiary/aromatic N) is 3. The number of guanidine groups is 1. The van der Waals surface area contributed by atoms with Gasteiger partial charge in [-0.2, -0.15) is 0 Å². The smallest absolute Gasteiger partial charge is 0.410 e. The number of hydrogen-bond acceptors (Lipinski definition) is 4. The van der Waals surface area contributed by atoms with Gasteiger partial charge in [-0.3, -0.25) is 9.89 Å². The van der Waals surface area contributed by atoms with E-state index in [2.05, 4.69) is 27.4 Å². The molecule has 28 heavy (non-hydrogen) atoms. The van der Waals surface area contributed by atoms with Gasteiger partial charge in [0.15, 0.2) is 5.96 Å². The van der Waals surface area contributed by atoms with Crippen LogP contribution >= 0.6 is 24.0 Å². The summed E-state index contributed by atoms with van der Waals surface area (Å²) in [6.07, 6.45) is 4.36. The van der Waals surface area contributed by atoms with Gasteiger partial charge in [0.05, 0.1) is 0 Å². The van der Waals surface area contributed by atoms with E-state index in [0.29, 0.717) is 12.0 Å². The van der Waals surface area contributed by atoms with Crippen molar-refractivity contribution in [3.05, 3.63) is 0 Å². The second-order valence-electron chi connectivity index (χ2n) is 8.67. The third kappa shape index (κ3) is 8.31. The zero-order valence-corrected chi connectivity index (χ0v) is 20.6. The normalized spacial score (nSPS) is 22.0. The lowest BCUT2D eigenvalue weighted by Gasteiger charge is -2.33. The van der Waals surface area contributed by atoms with Crippen LogP contribution in [0.5, 0.6) is 0 Å². The highest BCUT2D eigenvalue weighted by molar-refractivity contribution is 14.0. The number of aliphatic imine (C=N–C) groups is 1. The first kappa shape index (κ1) is 25.3. The standard InChI is InChI=1S/C20H39N5O2.HI/c1-6-24-11-7-8-17(24)15-23-18(21-5)22-14-16-9-12-25(13-10-16)19(26)27-20(2,3)4;/h16-17H,6-15H2,1-5H3,(H2,21,22,23);1H. The van der Waals surface area contributed by atoms with Crippen molar-refractivity contribution in [1.29, 1.82) is 0 Å². The maximum Gasteiger partial charge on any atom is 0.410 e. The van der Waals surface area contributed by atoms with E-state index in [-0.39, 0.29) is 30.1 Å². The number of hydrogen-bond donors (Lipinski definition) is 2. The summed E-state index contributed by atoms with van der Waals surface area (Å²) < 4.78 is 5.46. The monoisotopic (exact) mass is 509 g/mol. The molecule has 0 saturated carbocycles. The van der Waals surface area contributed by atoms with E-state index in [4.69, 9.17) is 4.74 Å². The molecule has 2 heterocycles. The predicted molar refractivity (Wildman–Crippen MR) is 126 cm³/mol. The van der Waals surface area contributed by atoms with Crippen LogP contribution in [0.2, 0.25) is 0 Å². The van der Waals surface area contributed by atoms with Crippen LogP contribution in [0.1, 0.15) is 53.4 Å². The molecule has 0 aromatic heterocycles. The molecule has 0 aliphatic carbocycles. The van der Waals surface area contributed by atoms with Crippen LogP contribution in [-0.2, 0) is 4.74 Å². The Morgan fingerprint density at radius 2 is 1.75 bits per heavy atom. The predicted octanol–water partition coefficient (Wildman–Crippen LogP) is 2.90. The molecule has 2 N–H and O–H groups in total. The van der Waals surface area contributed by atoms with Gasteiger partial charge in [-0.05, 0) is 65.5 Å². The van der Waals surface area contributed by atoms with Gasteiger partial charge in [-0.1, -0.05) is 6.92 Å². The molecule has 8 heteroatoms. The molecule has 0 bridgehead atoms. The second-order valence-corrected chi connectivity index (χ2v) is 8.67. The first-order chi connectivity index (χ1) is 12.8. The topological polar surface area (TPSA) is 69.2 Å². The van der Waals surface area contributed by atoms with Crippen molar-refractivity contribution in [3.8, 4) is 0 Å². The van der Waals surface area contributed by atoms with Gasteiger partial charge in [0.2, 0.25) is 0 Å². The van der Waals surface area contributed by atoms with E-state index >= 15 is 0 Å². The zero-order valence-electron chi connectivity index (χ0n) is 18.3. The summed E-state index contributed by atoms with van der Waals surface area (Å²) in [5, 5.41) is 6.94. The molecule has 1 atom stereocenters. The maximum atomic E-state index is 12.2. The second kappa shape index (κ2) is 12.0. The summed E-state index contributed by atoms with van der Waals surface area (Å²) in [6, 6.07) is 0.616. The summed E-state index contributed by atoms with van der Waals surface area (Å²) in [4.78, 5) is 20.9. The summed E-state index contributed by atoms with van der Waals surface area (Å²) in [5.41, 5.74) is -0.430.